The molecule has 0 spiro atoms. The van der Waals surface area contributed by atoms with Crippen molar-refractivity contribution in [1.82, 2.24) is 4.98 Å². The van der Waals surface area contributed by atoms with E-state index in [0.29, 0.717) is 22.7 Å². The predicted molar refractivity (Wildman–Crippen MR) is 137 cm³/mol. The lowest BCUT2D eigenvalue weighted by Crippen LogP contribution is -2.25. The van der Waals surface area contributed by atoms with Gasteiger partial charge < -0.3 is 9.84 Å². The summed E-state index contributed by atoms with van der Waals surface area (Å²) in [5.74, 6) is 0.611. The van der Waals surface area contributed by atoms with Crippen LogP contribution in [0.3, 0.4) is 0 Å². The molecule has 2 aromatic carbocycles. The number of hydrogen-bond acceptors (Lipinski definition) is 7. The molecule has 1 N–H and O–H groups in total. The van der Waals surface area contributed by atoms with Crippen LogP contribution in [0.2, 0.25) is 0 Å². The molecule has 0 aliphatic heterocycles. The first-order valence-electron chi connectivity index (χ1n) is 11.0. The maximum Gasteiger partial charge on any atom is 0.152 e. The zero-order valence-electron chi connectivity index (χ0n) is 19.3. The fraction of sp³-hybridized carbons (Fsp3) is 0.308. The average Bonchev–Trinajstić information content (AvgIpc) is 2.86. The minimum absolute atomic E-state index is 0.0675. The Morgan fingerprint density at radius 1 is 1.12 bits per heavy atom. The highest BCUT2D eigenvalue weighted by atomic mass is 32.2. The van der Waals surface area contributed by atoms with Crippen LogP contribution in [0.15, 0.2) is 65.7 Å². The molecule has 0 saturated carbocycles. The molecule has 3 aromatic rings. The molecule has 0 radical (unpaired) electrons. The molecule has 0 fully saturated rings. The largest absolute Gasteiger partial charge is 0.497 e. The number of benzene rings is 2. The number of thioether (sulfide) groups is 1. The van der Waals surface area contributed by atoms with Gasteiger partial charge in [-0.3, -0.25) is 0 Å². The number of rotatable bonds is 11. The van der Waals surface area contributed by atoms with Gasteiger partial charge in [-0.1, -0.05) is 43.7 Å². The van der Waals surface area contributed by atoms with Gasteiger partial charge in [0.15, 0.2) is 9.84 Å². The van der Waals surface area contributed by atoms with Crippen LogP contribution in [0.1, 0.15) is 25.3 Å². The molecular weight excluding hydrogens is 468 g/mol. The first kappa shape index (κ1) is 25.8. The summed E-state index contributed by atoms with van der Waals surface area (Å²) in [6, 6.07) is 21.2. The Labute approximate surface area is 205 Å². The van der Waals surface area contributed by atoms with E-state index in [1.54, 1.807) is 7.11 Å². The zero-order chi connectivity index (χ0) is 24.6. The fourth-order valence-electron chi connectivity index (χ4n) is 3.45. The smallest absolute Gasteiger partial charge is 0.152 e. The molecule has 0 aliphatic carbocycles. The Hall–Kier alpha value is -2.86. The van der Waals surface area contributed by atoms with E-state index in [2.05, 4.69) is 6.07 Å². The Bertz CT molecular complexity index is 1240. The van der Waals surface area contributed by atoms with Gasteiger partial charge >= 0.3 is 0 Å². The van der Waals surface area contributed by atoms with Crippen molar-refractivity contribution in [2.75, 3.05) is 24.4 Å². The van der Waals surface area contributed by atoms with Crippen molar-refractivity contribution < 1.29 is 18.3 Å². The Balaban J connectivity index is 1.95. The number of nitrogens with zero attached hydrogens (tertiary/aromatic N) is 2. The second-order valence-electron chi connectivity index (χ2n) is 7.87. The molecule has 0 unspecified atom stereocenters. The summed E-state index contributed by atoms with van der Waals surface area (Å²) in [6.07, 6.45) is 0.303. The lowest BCUT2D eigenvalue weighted by Gasteiger charge is -2.15. The highest BCUT2D eigenvalue weighted by molar-refractivity contribution is 7.99. The second kappa shape index (κ2) is 12.0. The van der Waals surface area contributed by atoms with Crippen LogP contribution < -0.4 is 4.74 Å². The molecule has 1 aromatic heterocycles. The molecule has 6 nitrogen and oxygen atoms in total. The third kappa shape index (κ3) is 6.83. The summed E-state index contributed by atoms with van der Waals surface area (Å²) in [5.41, 5.74) is 3.53. The van der Waals surface area contributed by atoms with E-state index >= 15 is 0 Å². The minimum Gasteiger partial charge on any atom is -0.497 e. The van der Waals surface area contributed by atoms with Crippen molar-refractivity contribution in [3.63, 3.8) is 0 Å². The van der Waals surface area contributed by atoms with Crippen molar-refractivity contribution in [2.45, 2.75) is 30.9 Å². The van der Waals surface area contributed by atoms with Gasteiger partial charge in [-0.05, 0) is 42.3 Å². The SMILES string of the molecule is CCCCS(=O)(=O)C[C@@H](O)CSc1nc(-c2ccc(OC)cc2)cc(-c2ccccc2)c1C#N. The summed E-state index contributed by atoms with van der Waals surface area (Å²) in [6.45, 7) is 1.93. The molecule has 1 heterocycles. The maximum atomic E-state index is 12.2. The number of methoxy groups -OCH3 is 1. The molecule has 0 bridgehead atoms. The normalized spacial score (nSPS) is 12.2. The molecule has 3 rings (SSSR count). The van der Waals surface area contributed by atoms with Gasteiger partial charge in [0.2, 0.25) is 0 Å². The first-order chi connectivity index (χ1) is 16.4. The number of aliphatic hydroxyl groups excluding tert-OH is 1. The lowest BCUT2D eigenvalue weighted by molar-refractivity contribution is 0.222. The fourth-order valence-corrected chi connectivity index (χ4v) is 6.13. The van der Waals surface area contributed by atoms with Crippen LogP contribution in [-0.4, -0.2) is 49.0 Å². The third-order valence-corrected chi connectivity index (χ3v) is 8.16. The van der Waals surface area contributed by atoms with E-state index in [-0.39, 0.29) is 17.3 Å². The highest BCUT2D eigenvalue weighted by Crippen LogP contribution is 2.34. The van der Waals surface area contributed by atoms with Crippen molar-refractivity contribution >= 4 is 21.6 Å². The van der Waals surface area contributed by atoms with Gasteiger partial charge in [0.25, 0.3) is 0 Å². The topological polar surface area (TPSA) is 100 Å². The molecule has 0 saturated heterocycles. The zero-order valence-corrected chi connectivity index (χ0v) is 20.9. The molecule has 178 valence electrons. The van der Waals surface area contributed by atoms with E-state index in [1.165, 1.54) is 11.8 Å². The van der Waals surface area contributed by atoms with E-state index in [0.717, 1.165) is 28.9 Å². The molecular formula is C26H28N2O4S2. The number of hydrogen-bond donors (Lipinski definition) is 1. The predicted octanol–water partition coefficient (Wildman–Crippen LogP) is 4.96. The van der Waals surface area contributed by atoms with Crippen molar-refractivity contribution in [3.05, 3.63) is 66.2 Å². The number of aliphatic hydroxyl groups is 1. The molecule has 0 amide bonds. The van der Waals surface area contributed by atoms with E-state index < -0.39 is 15.9 Å². The summed E-state index contributed by atoms with van der Waals surface area (Å²) < 4.78 is 29.7. The second-order valence-corrected chi connectivity index (χ2v) is 11.1. The Morgan fingerprint density at radius 3 is 2.44 bits per heavy atom. The van der Waals surface area contributed by atoms with Crippen molar-refractivity contribution in [2.24, 2.45) is 0 Å². The lowest BCUT2D eigenvalue weighted by atomic mass is 9.99. The first-order valence-corrected chi connectivity index (χ1v) is 13.8. The van der Waals surface area contributed by atoms with E-state index in [1.807, 2.05) is 67.6 Å². The maximum absolute atomic E-state index is 12.2. The Kier molecular flexibility index (Phi) is 9.11. The van der Waals surface area contributed by atoms with Gasteiger partial charge in [-0.2, -0.15) is 5.26 Å². The quantitative estimate of drug-likeness (QED) is 0.374. The van der Waals surface area contributed by atoms with Gasteiger partial charge in [0.1, 0.15) is 16.8 Å². The van der Waals surface area contributed by atoms with Crippen LogP contribution in [0.5, 0.6) is 5.75 Å². The molecule has 0 aliphatic rings. The average molecular weight is 497 g/mol. The minimum atomic E-state index is -3.33. The number of nitriles is 1. The summed E-state index contributed by atoms with van der Waals surface area (Å²) in [5, 5.41) is 20.8. The monoisotopic (exact) mass is 496 g/mol. The highest BCUT2D eigenvalue weighted by Gasteiger charge is 2.20. The van der Waals surface area contributed by atoms with Crippen molar-refractivity contribution in [3.8, 4) is 34.2 Å². The summed E-state index contributed by atoms with van der Waals surface area (Å²) >= 11 is 1.20. The van der Waals surface area contributed by atoms with Crippen LogP contribution in [-0.2, 0) is 9.84 Å². The van der Waals surface area contributed by atoms with Gasteiger partial charge in [0.05, 0.1) is 36.0 Å². The number of aromatic nitrogens is 1. The number of sulfone groups is 1. The molecule has 1 atom stereocenters. The third-order valence-electron chi connectivity index (χ3n) is 5.24. The molecule has 34 heavy (non-hydrogen) atoms. The van der Waals surface area contributed by atoms with Gasteiger partial charge in [0, 0.05) is 16.9 Å². The Morgan fingerprint density at radius 2 is 1.82 bits per heavy atom. The number of pyridine rings is 1. The van der Waals surface area contributed by atoms with Crippen LogP contribution in [0, 0.1) is 11.3 Å². The van der Waals surface area contributed by atoms with E-state index in [9.17, 15) is 18.8 Å². The van der Waals surface area contributed by atoms with Gasteiger partial charge in [-0.15, -0.1) is 11.8 Å². The summed E-state index contributed by atoms with van der Waals surface area (Å²) in [4.78, 5) is 4.71. The van der Waals surface area contributed by atoms with Gasteiger partial charge in [-0.25, -0.2) is 13.4 Å². The molecule has 8 heteroatoms. The van der Waals surface area contributed by atoms with Crippen LogP contribution in [0.4, 0.5) is 0 Å². The van der Waals surface area contributed by atoms with Crippen LogP contribution in [0.25, 0.3) is 22.4 Å². The standard InChI is InChI=1S/C26H28N2O4S2/c1-3-4-14-34(30,31)18-21(29)17-33-26-24(16-27)23(19-8-6-5-7-9-19)15-25(28-26)20-10-12-22(32-2)13-11-20/h5-13,15,21,29H,3-4,14,17-18H2,1-2H3/t21-/m0/s1. The van der Waals surface area contributed by atoms with Crippen molar-refractivity contribution in [1.29, 1.82) is 5.26 Å². The van der Waals surface area contributed by atoms with E-state index in [4.69, 9.17) is 9.72 Å². The number of unbranched alkanes of at least 4 members (excludes halogenated alkanes) is 1. The number of ether oxygens (including phenoxy) is 1. The van der Waals surface area contributed by atoms with Crippen LogP contribution >= 0.6 is 11.8 Å². The summed E-state index contributed by atoms with van der Waals surface area (Å²) in [7, 11) is -1.73.